The maximum Gasteiger partial charge on any atom is 0.358 e. The highest BCUT2D eigenvalue weighted by Gasteiger charge is 2.28. The molecule has 1 aliphatic rings. The van der Waals surface area contributed by atoms with Gasteiger partial charge in [-0.2, -0.15) is 0 Å². The molecule has 2 rings (SSSR count). The smallest absolute Gasteiger partial charge is 0.358 e. The third-order valence-corrected chi connectivity index (χ3v) is 2.66. The molecule has 1 atom stereocenters. The van der Waals surface area contributed by atoms with Crippen LogP contribution in [0.5, 0.6) is 0 Å². The summed E-state index contributed by atoms with van der Waals surface area (Å²) in [6, 6.07) is 0. The van der Waals surface area contributed by atoms with Crippen LogP contribution < -0.4 is 0 Å². The van der Waals surface area contributed by atoms with Crippen LogP contribution >= 0.6 is 0 Å². The van der Waals surface area contributed by atoms with Gasteiger partial charge in [0.1, 0.15) is 0 Å². The lowest BCUT2D eigenvalue weighted by atomic mass is 10.2. The van der Waals surface area contributed by atoms with E-state index in [-0.39, 0.29) is 5.69 Å². The Hall–Kier alpha value is -1.43. The number of aromatic carboxylic acids is 1. The van der Waals surface area contributed by atoms with Gasteiger partial charge in [0, 0.05) is 0 Å². The number of hydrogen-bond donors (Lipinski definition) is 2. The van der Waals surface area contributed by atoms with Crippen molar-refractivity contribution in [2.75, 3.05) is 0 Å². The van der Waals surface area contributed by atoms with Crippen LogP contribution in [-0.4, -0.2) is 37.3 Å². The third-order valence-electron chi connectivity index (χ3n) is 2.66. The lowest BCUT2D eigenvalue weighted by molar-refractivity contribution is 0.0688. The van der Waals surface area contributed by atoms with Crippen molar-refractivity contribution in [3.8, 4) is 0 Å². The Balaban J connectivity index is 2.24. The first-order valence-electron chi connectivity index (χ1n) is 5.41. The van der Waals surface area contributed by atoms with Crippen LogP contribution in [0.15, 0.2) is 0 Å². The topological polar surface area (TPSA) is 88.2 Å². The number of rotatable bonds is 5. The molecule has 1 fully saturated rings. The normalized spacial score (nSPS) is 17.4. The van der Waals surface area contributed by atoms with E-state index < -0.39 is 12.1 Å². The Bertz CT molecular complexity index is 396. The fourth-order valence-electron chi connectivity index (χ4n) is 1.69. The van der Waals surface area contributed by atoms with Gasteiger partial charge in [-0.25, -0.2) is 9.48 Å². The number of nitrogens with zero attached hydrogens (tertiary/aromatic N) is 3. The summed E-state index contributed by atoms with van der Waals surface area (Å²) in [4.78, 5) is 10.9. The standard InChI is InChI=1S/C10H15N3O3/c1-6(14)5-13-8(4-7-2-3-7)9(10(15)16)11-12-13/h6-7,14H,2-5H2,1H3,(H,15,16). The highest BCUT2D eigenvalue weighted by atomic mass is 16.4. The van der Waals surface area contributed by atoms with Crippen molar-refractivity contribution >= 4 is 5.97 Å². The van der Waals surface area contributed by atoms with Crippen molar-refractivity contribution < 1.29 is 15.0 Å². The van der Waals surface area contributed by atoms with Crippen molar-refractivity contribution in [2.24, 2.45) is 5.92 Å². The first-order chi connectivity index (χ1) is 7.58. The summed E-state index contributed by atoms with van der Waals surface area (Å²) in [5.74, 6) is -0.489. The van der Waals surface area contributed by atoms with Gasteiger partial charge in [0.05, 0.1) is 18.3 Å². The molecule has 1 aliphatic carbocycles. The van der Waals surface area contributed by atoms with Gasteiger partial charge in [0.15, 0.2) is 5.69 Å². The molecule has 0 spiro atoms. The molecule has 1 unspecified atom stereocenters. The van der Waals surface area contributed by atoms with Crippen molar-refractivity contribution in [3.63, 3.8) is 0 Å². The highest BCUT2D eigenvalue weighted by Crippen LogP contribution is 2.33. The van der Waals surface area contributed by atoms with E-state index in [1.807, 2.05) is 0 Å². The minimum atomic E-state index is -1.05. The zero-order valence-electron chi connectivity index (χ0n) is 9.13. The molecule has 1 saturated carbocycles. The second-order valence-electron chi connectivity index (χ2n) is 4.37. The zero-order valence-corrected chi connectivity index (χ0v) is 9.13. The molecule has 88 valence electrons. The molecule has 1 aromatic heterocycles. The highest BCUT2D eigenvalue weighted by molar-refractivity contribution is 5.86. The number of aliphatic hydroxyl groups excluding tert-OH is 1. The van der Waals surface area contributed by atoms with Crippen LogP contribution in [0.3, 0.4) is 0 Å². The number of aromatic nitrogens is 3. The predicted molar refractivity (Wildman–Crippen MR) is 55.1 cm³/mol. The maximum atomic E-state index is 10.9. The molecule has 2 N–H and O–H groups in total. The lowest BCUT2D eigenvalue weighted by Gasteiger charge is -2.08. The minimum absolute atomic E-state index is 0.0209. The van der Waals surface area contributed by atoms with Crippen LogP contribution in [0.25, 0.3) is 0 Å². The summed E-state index contributed by atoms with van der Waals surface area (Å²) in [5.41, 5.74) is 0.656. The quantitative estimate of drug-likeness (QED) is 0.752. The zero-order chi connectivity index (χ0) is 11.7. The van der Waals surface area contributed by atoms with E-state index in [1.54, 1.807) is 6.92 Å². The number of carboxylic acid groups (broad SMARTS) is 1. The van der Waals surface area contributed by atoms with Crippen LogP contribution in [0.1, 0.15) is 35.9 Å². The fraction of sp³-hybridized carbons (Fsp3) is 0.700. The SMILES string of the molecule is CC(O)Cn1nnc(C(=O)O)c1CC1CC1. The van der Waals surface area contributed by atoms with Gasteiger partial charge < -0.3 is 10.2 Å². The summed E-state index contributed by atoms with van der Waals surface area (Å²) in [5, 5.41) is 25.7. The monoisotopic (exact) mass is 225 g/mol. The van der Waals surface area contributed by atoms with Crippen LogP contribution in [0.4, 0.5) is 0 Å². The fourth-order valence-corrected chi connectivity index (χ4v) is 1.69. The molecule has 0 saturated heterocycles. The van der Waals surface area contributed by atoms with E-state index in [0.29, 0.717) is 24.6 Å². The maximum absolute atomic E-state index is 10.9. The Morgan fingerprint density at radius 2 is 2.31 bits per heavy atom. The van der Waals surface area contributed by atoms with Crippen molar-refractivity contribution in [1.82, 2.24) is 15.0 Å². The van der Waals surface area contributed by atoms with Gasteiger partial charge in [0.25, 0.3) is 0 Å². The van der Waals surface area contributed by atoms with E-state index in [0.717, 1.165) is 12.8 Å². The van der Waals surface area contributed by atoms with Gasteiger partial charge >= 0.3 is 5.97 Å². The molecule has 0 aliphatic heterocycles. The first kappa shape index (κ1) is 11.1. The largest absolute Gasteiger partial charge is 0.476 e. The Kier molecular flexibility index (Phi) is 2.91. The van der Waals surface area contributed by atoms with Crippen LogP contribution in [-0.2, 0) is 13.0 Å². The molecular formula is C10H15N3O3. The predicted octanol–water partition coefficient (Wildman–Crippen LogP) is 0.310. The molecule has 0 radical (unpaired) electrons. The molecule has 1 heterocycles. The summed E-state index contributed by atoms with van der Waals surface area (Å²) < 4.78 is 1.51. The molecule has 0 amide bonds. The Morgan fingerprint density at radius 3 is 2.81 bits per heavy atom. The molecule has 16 heavy (non-hydrogen) atoms. The molecule has 6 nitrogen and oxygen atoms in total. The van der Waals surface area contributed by atoms with E-state index >= 15 is 0 Å². The average molecular weight is 225 g/mol. The minimum Gasteiger partial charge on any atom is -0.476 e. The van der Waals surface area contributed by atoms with E-state index in [9.17, 15) is 9.90 Å². The summed E-state index contributed by atoms with van der Waals surface area (Å²) >= 11 is 0. The molecule has 0 bridgehead atoms. The summed E-state index contributed by atoms with van der Waals surface area (Å²) in [7, 11) is 0. The van der Waals surface area contributed by atoms with Crippen molar-refractivity contribution in [1.29, 1.82) is 0 Å². The molecule has 0 aromatic carbocycles. The second kappa shape index (κ2) is 4.21. The number of aliphatic hydroxyl groups is 1. The first-order valence-corrected chi connectivity index (χ1v) is 5.41. The van der Waals surface area contributed by atoms with E-state index in [1.165, 1.54) is 4.68 Å². The van der Waals surface area contributed by atoms with Gasteiger partial charge in [-0.15, -0.1) is 5.10 Å². The Morgan fingerprint density at radius 1 is 1.62 bits per heavy atom. The lowest BCUT2D eigenvalue weighted by Crippen LogP contribution is -2.16. The molecular weight excluding hydrogens is 210 g/mol. The average Bonchev–Trinajstić information content (AvgIpc) is 2.89. The molecule has 1 aromatic rings. The third kappa shape index (κ3) is 2.38. The van der Waals surface area contributed by atoms with Gasteiger partial charge in [0.2, 0.25) is 0 Å². The molecule has 6 heteroatoms. The van der Waals surface area contributed by atoms with Crippen LogP contribution in [0.2, 0.25) is 0 Å². The Labute approximate surface area is 92.9 Å². The second-order valence-corrected chi connectivity index (χ2v) is 4.37. The summed E-state index contributed by atoms with van der Waals surface area (Å²) in [6.07, 6.45) is 2.42. The summed E-state index contributed by atoms with van der Waals surface area (Å²) in [6.45, 7) is 1.94. The van der Waals surface area contributed by atoms with Crippen LogP contribution in [0, 0.1) is 5.92 Å². The van der Waals surface area contributed by atoms with Crippen molar-refractivity contribution in [3.05, 3.63) is 11.4 Å². The number of carbonyl (C=O) groups is 1. The van der Waals surface area contributed by atoms with Gasteiger partial charge in [-0.3, -0.25) is 0 Å². The van der Waals surface area contributed by atoms with E-state index in [2.05, 4.69) is 10.3 Å². The number of hydrogen-bond acceptors (Lipinski definition) is 4. The van der Waals surface area contributed by atoms with Crippen molar-refractivity contribution in [2.45, 2.75) is 38.8 Å². The van der Waals surface area contributed by atoms with E-state index in [4.69, 9.17) is 5.11 Å². The number of carboxylic acids is 1. The van der Waals surface area contributed by atoms with Gasteiger partial charge in [-0.05, 0) is 32.1 Å². The van der Waals surface area contributed by atoms with Gasteiger partial charge in [-0.1, -0.05) is 5.21 Å².